The zero-order valence-corrected chi connectivity index (χ0v) is 14.3. The van der Waals surface area contributed by atoms with Crippen molar-refractivity contribution in [3.63, 3.8) is 0 Å². The van der Waals surface area contributed by atoms with Crippen molar-refractivity contribution in [2.75, 3.05) is 5.32 Å². The van der Waals surface area contributed by atoms with Gasteiger partial charge in [0.15, 0.2) is 0 Å². The summed E-state index contributed by atoms with van der Waals surface area (Å²) in [6.45, 7) is 0. The van der Waals surface area contributed by atoms with Gasteiger partial charge in [0.2, 0.25) is 0 Å². The average molecular weight is 388 g/mol. The normalized spacial score (nSPS) is 11.3. The van der Waals surface area contributed by atoms with E-state index in [1.165, 1.54) is 42.5 Å². The maximum Gasteiger partial charge on any atom is 0.296 e. The number of nitro benzene ring substituents is 1. The number of fused-ring (bicyclic) bond motifs is 1. The first-order chi connectivity index (χ1) is 12.7. The minimum Gasteiger partial charge on any atom is -0.507 e. The lowest BCUT2D eigenvalue weighted by Crippen LogP contribution is -2.15. The molecule has 10 heteroatoms. The van der Waals surface area contributed by atoms with Crippen LogP contribution in [0.25, 0.3) is 10.8 Å². The largest absolute Gasteiger partial charge is 0.507 e. The molecule has 9 nitrogen and oxygen atoms in total. The van der Waals surface area contributed by atoms with Crippen molar-refractivity contribution < 1.29 is 27.8 Å². The van der Waals surface area contributed by atoms with Crippen molar-refractivity contribution in [1.82, 2.24) is 0 Å². The number of phenols is 1. The van der Waals surface area contributed by atoms with Crippen LogP contribution in [0.4, 0.5) is 11.4 Å². The van der Waals surface area contributed by atoms with E-state index in [0.717, 1.165) is 12.1 Å². The van der Waals surface area contributed by atoms with Gasteiger partial charge in [-0.05, 0) is 24.3 Å². The summed E-state index contributed by atoms with van der Waals surface area (Å²) in [6, 6.07) is 11.5. The topological polar surface area (TPSA) is 147 Å². The van der Waals surface area contributed by atoms with Crippen LogP contribution in [0.5, 0.6) is 5.75 Å². The molecule has 27 heavy (non-hydrogen) atoms. The molecule has 0 saturated carbocycles. The number of rotatable bonds is 4. The van der Waals surface area contributed by atoms with Gasteiger partial charge in [-0.3, -0.25) is 19.5 Å². The maximum atomic E-state index is 12.5. The van der Waals surface area contributed by atoms with Crippen LogP contribution in [0.1, 0.15) is 10.4 Å². The Balaban J connectivity index is 2.15. The molecule has 0 aromatic heterocycles. The first kappa shape index (κ1) is 18.3. The number of phenolic OH excluding ortho intramolecular Hbond substituents is 1. The van der Waals surface area contributed by atoms with Crippen LogP contribution in [0.2, 0.25) is 0 Å². The highest BCUT2D eigenvalue weighted by Gasteiger charge is 2.22. The summed E-state index contributed by atoms with van der Waals surface area (Å²) in [5.41, 5.74) is -0.640. The van der Waals surface area contributed by atoms with Gasteiger partial charge in [-0.1, -0.05) is 18.2 Å². The lowest BCUT2D eigenvalue weighted by atomic mass is 10.1. The van der Waals surface area contributed by atoms with E-state index in [2.05, 4.69) is 5.32 Å². The number of hydrogen-bond acceptors (Lipinski definition) is 6. The molecule has 138 valence electrons. The number of aromatic hydroxyl groups is 1. The van der Waals surface area contributed by atoms with E-state index >= 15 is 0 Å². The monoisotopic (exact) mass is 388 g/mol. The molecular weight excluding hydrogens is 376 g/mol. The number of nitro groups is 1. The Bertz CT molecular complexity index is 1190. The van der Waals surface area contributed by atoms with E-state index in [9.17, 15) is 33.0 Å². The van der Waals surface area contributed by atoms with Gasteiger partial charge in [0.1, 0.15) is 10.6 Å². The highest BCUT2D eigenvalue weighted by Crippen LogP contribution is 2.35. The number of non-ortho nitro benzene ring substituents is 1. The first-order valence-corrected chi connectivity index (χ1v) is 8.90. The van der Waals surface area contributed by atoms with Gasteiger partial charge in [-0.2, -0.15) is 8.42 Å². The fraction of sp³-hybridized carbons (Fsp3) is 0. The van der Waals surface area contributed by atoms with Gasteiger partial charge >= 0.3 is 0 Å². The molecule has 0 radical (unpaired) electrons. The molecule has 1 amide bonds. The van der Waals surface area contributed by atoms with Gasteiger partial charge in [0.05, 0.1) is 10.6 Å². The zero-order chi connectivity index (χ0) is 19.8. The second-order valence-electron chi connectivity index (χ2n) is 5.55. The Hall–Kier alpha value is -3.50. The number of carbonyl (C=O) groups excluding carboxylic acids is 1. The molecule has 3 aromatic rings. The van der Waals surface area contributed by atoms with Gasteiger partial charge in [-0.25, -0.2) is 0 Å². The minimum absolute atomic E-state index is 0.0809. The predicted molar refractivity (Wildman–Crippen MR) is 96.5 cm³/mol. The van der Waals surface area contributed by atoms with E-state index in [4.69, 9.17) is 0 Å². The molecule has 3 rings (SSSR count). The van der Waals surface area contributed by atoms with E-state index < -0.39 is 25.8 Å². The number of benzene rings is 3. The molecule has 3 N–H and O–H groups in total. The van der Waals surface area contributed by atoms with E-state index in [1.807, 2.05) is 0 Å². The highest BCUT2D eigenvalue weighted by molar-refractivity contribution is 7.86. The fourth-order valence-corrected chi connectivity index (χ4v) is 3.27. The average Bonchev–Trinajstić information content (AvgIpc) is 2.61. The van der Waals surface area contributed by atoms with Crippen molar-refractivity contribution in [3.05, 3.63) is 70.3 Å². The van der Waals surface area contributed by atoms with Crippen LogP contribution in [0, 0.1) is 10.1 Å². The van der Waals surface area contributed by atoms with Crippen molar-refractivity contribution >= 4 is 38.2 Å². The standard InChI is InChI=1S/C17H12N2O7S/c20-14-6-2-5-13-12(14)7-8-15(27(24,25)26)16(13)18-17(21)10-3-1-4-11(9-10)19(22)23/h1-9,20H,(H,18,21)(H,24,25,26). The first-order valence-electron chi connectivity index (χ1n) is 7.46. The third-order valence-electron chi connectivity index (χ3n) is 3.84. The quantitative estimate of drug-likeness (QED) is 0.354. The molecule has 0 aliphatic heterocycles. The van der Waals surface area contributed by atoms with Gasteiger partial charge in [0, 0.05) is 28.5 Å². The Morgan fingerprint density at radius 2 is 1.74 bits per heavy atom. The van der Waals surface area contributed by atoms with Crippen LogP contribution >= 0.6 is 0 Å². The molecule has 0 saturated heterocycles. The molecule has 0 unspecified atom stereocenters. The number of amides is 1. The second kappa shape index (κ2) is 6.67. The molecule has 3 aromatic carbocycles. The molecule has 0 bridgehead atoms. The lowest BCUT2D eigenvalue weighted by molar-refractivity contribution is -0.384. The third-order valence-corrected chi connectivity index (χ3v) is 4.73. The predicted octanol–water partition coefficient (Wildman–Crippen LogP) is 2.95. The van der Waals surface area contributed by atoms with Crippen molar-refractivity contribution in [2.24, 2.45) is 0 Å². The summed E-state index contributed by atoms with van der Waals surface area (Å²) in [6.07, 6.45) is 0. The summed E-state index contributed by atoms with van der Waals surface area (Å²) >= 11 is 0. The minimum atomic E-state index is -4.69. The Morgan fingerprint density at radius 3 is 2.41 bits per heavy atom. The maximum absolute atomic E-state index is 12.5. The number of nitrogens with zero attached hydrogens (tertiary/aromatic N) is 1. The molecule has 0 aliphatic rings. The van der Waals surface area contributed by atoms with Crippen LogP contribution in [-0.4, -0.2) is 28.9 Å². The van der Waals surface area contributed by atoms with Crippen LogP contribution in [0.3, 0.4) is 0 Å². The van der Waals surface area contributed by atoms with Crippen LogP contribution < -0.4 is 5.32 Å². The van der Waals surface area contributed by atoms with E-state index in [0.29, 0.717) is 0 Å². The number of carbonyl (C=O) groups is 1. The van der Waals surface area contributed by atoms with E-state index in [-0.39, 0.29) is 33.5 Å². The molecular formula is C17H12N2O7S. The third kappa shape index (κ3) is 3.57. The van der Waals surface area contributed by atoms with Gasteiger partial charge in [-0.15, -0.1) is 0 Å². The summed E-state index contributed by atoms with van der Waals surface area (Å²) in [5.74, 6) is -0.973. The molecule has 0 heterocycles. The Kier molecular flexibility index (Phi) is 4.52. The molecule has 0 atom stereocenters. The van der Waals surface area contributed by atoms with Gasteiger partial charge < -0.3 is 10.4 Å². The summed E-state index contributed by atoms with van der Waals surface area (Å²) < 4.78 is 32.9. The van der Waals surface area contributed by atoms with Gasteiger partial charge in [0.25, 0.3) is 21.7 Å². The summed E-state index contributed by atoms with van der Waals surface area (Å²) in [5, 5.41) is 23.6. The summed E-state index contributed by atoms with van der Waals surface area (Å²) in [4.78, 5) is 22.1. The van der Waals surface area contributed by atoms with Crippen molar-refractivity contribution in [2.45, 2.75) is 4.90 Å². The summed E-state index contributed by atoms with van der Waals surface area (Å²) in [7, 11) is -4.69. The number of anilines is 1. The smallest absolute Gasteiger partial charge is 0.296 e. The molecule has 0 fully saturated rings. The Morgan fingerprint density at radius 1 is 1.04 bits per heavy atom. The Labute approximate surface area is 152 Å². The number of hydrogen-bond donors (Lipinski definition) is 3. The van der Waals surface area contributed by atoms with Crippen molar-refractivity contribution in [3.8, 4) is 5.75 Å². The zero-order valence-electron chi connectivity index (χ0n) is 13.5. The molecule has 0 aliphatic carbocycles. The van der Waals surface area contributed by atoms with Crippen LogP contribution in [-0.2, 0) is 10.1 Å². The number of nitrogens with one attached hydrogen (secondary N) is 1. The second-order valence-corrected chi connectivity index (χ2v) is 6.94. The lowest BCUT2D eigenvalue weighted by Gasteiger charge is -2.13. The van der Waals surface area contributed by atoms with Crippen LogP contribution in [0.15, 0.2) is 59.5 Å². The highest BCUT2D eigenvalue weighted by atomic mass is 32.2. The van der Waals surface area contributed by atoms with Crippen molar-refractivity contribution in [1.29, 1.82) is 0 Å². The van der Waals surface area contributed by atoms with E-state index in [1.54, 1.807) is 0 Å². The SMILES string of the molecule is O=C(Nc1c(S(=O)(=O)O)ccc2c(O)cccc12)c1cccc([N+](=O)[O-])c1. The molecule has 0 spiro atoms. The fourth-order valence-electron chi connectivity index (χ4n) is 2.61.